The molecular weight excluding hydrogens is 274 g/mol. The third kappa shape index (κ3) is 4.33. The lowest BCUT2D eigenvalue weighted by molar-refractivity contribution is -0.142. The highest BCUT2D eigenvalue weighted by atomic mass is 16.5. The molecule has 0 unspecified atom stereocenters. The van der Waals surface area contributed by atoms with Gasteiger partial charge in [-0.05, 0) is 30.7 Å². The molecule has 1 aromatic carbocycles. The van der Waals surface area contributed by atoms with E-state index in [1.165, 1.54) is 5.56 Å². The Kier molecular flexibility index (Phi) is 6.44. The molecule has 1 aromatic rings. The second-order valence-electron chi connectivity index (χ2n) is 6.61. The van der Waals surface area contributed by atoms with Gasteiger partial charge in [0.05, 0.1) is 6.04 Å². The fourth-order valence-corrected chi connectivity index (χ4v) is 3.25. The minimum atomic E-state index is 0.130. The first-order chi connectivity index (χ1) is 10.6. The molecule has 0 saturated carbocycles. The number of benzene rings is 1. The maximum Gasteiger partial charge on any atom is 0.226 e. The highest BCUT2D eigenvalue weighted by Crippen LogP contribution is 2.29. The second kappa shape index (κ2) is 8.33. The van der Waals surface area contributed by atoms with Crippen LogP contribution >= 0.6 is 0 Å². The zero-order chi connectivity index (χ0) is 15.9. The van der Waals surface area contributed by atoms with Crippen molar-refractivity contribution in [2.75, 3.05) is 19.8 Å². The number of hydrogen-bond acceptors (Lipinski definition) is 2. The summed E-state index contributed by atoms with van der Waals surface area (Å²) in [5, 5.41) is 0. The van der Waals surface area contributed by atoms with Crippen LogP contribution in [0, 0.1) is 11.8 Å². The largest absolute Gasteiger partial charge is 0.381 e. The molecule has 1 atom stereocenters. The van der Waals surface area contributed by atoms with Crippen molar-refractivity contribution in [1.29, 1.82) is 0 Å². The number of carbonyl (C=O) groups is 1. The van der Waals surface area contributed by atoms with Crippen molar-refractivity contribution in [2.24, 2.45) is 11.8 Å². The minimum absolute atomic E-state index is 0.130. The van der Waals surface area contributed by atoms with Gasteiger partial charge in [-0.2, -0.15) is 0 Å². The van der Waals surface area contributed by atoms with Crippen LogP contribution in [0.15, 0.2) is 30.3 Å². The molecule has 0 aromatic heterocycles. The van der Waals surface area contributed by atoms with E-state index >= 15 is 0 Å². The van der Waals surface area contributed by atoms with Crippen LogP contribution in [0.2, 0.25) is 0 Å². The number of nitrogens with zero attached hydrogens (tertiary/aromatic N) is 1. The van der Waals surface area contributed by atoms with Crippen molar-refractivity contribution in [3.8, 4) is 0 Å². The Hall–Kier alpha value is -1.35. The molecule has 22 heavy (non-hydrogen) atoms. The van der Waals surface area contributed by atoms with Gasteiger partial charge >= 0.3 is 0 Å². The van der Waals surface area contributed by atoms with Gasteiger partial charge in [0.1, 0.15) is 0 Å². The predicted octanol–water partition coefficient (Wildman–Crippen LogP) is 4.05. The summed E-state index contributed by atoms with van der Waals surface area (Å²) in [6.07, 6.45) is 2.67. The van der Waals surface area contributed by atoms with E-state index in [1.807, 2.05) is 6.07 Å². The summed E-state index contributed by atoms with van der Waals surface area (Å²) in [7, 11) is 0. The van der Waals surface area contributed by atoms with E-state index in [1.54, 1.807) is 0 Å². The average Bonchev–Trinajstić information content (AvgIpc) is 2.55. The molecule has 3 heteroatoms. The summed E-state index contributed by atoms with van der Waals surface area (Å²) in [5.41, 5.74) is 1.24. The van der Waals surface area contributed by atoms with Crippen LogP contribution in [0.4, 0.5) is 0 Å². The smallest absolute Gasteiger partial charge is 0.226 e. The third-order valence-corrected chi connectivity index (χ3v) is 4.36. The van der Waals surface area contributed by atoms with Gasteiger partial charge in [-0.1, -0.05) is 51.1 Å². The molecule has 1 amide bonds. The minimum Gasteiger partial charge on any atom is -0.381 e. The molecule has 2 rings (SSSR count). The summed E-state index contributed by atoms with van der Waals surface area (Å²) in [6, 6.07) is 10.6. The number of hydrogen-bond donors (Lipinski definition) is 0. The standard InChI is InChI=1S/C19H29NO2/c1-4-18(16-8-6-5-7-9-16)20(14-15(2)3)19(21)17-10-12-22-13-11-17/h5-9,15,17-18H,4,10-14H2,1-3H3/t18-/m1/s1. The first-order valence-electron chi connectivity index (χ1n) is 8.56. The lowest BCUT2D eigenvalue weighted by Gasteiger charge is -2.36. The van der Waals surface area contributed by atoms with Crippen LogP contribution < -0.4 is 0 Å². The molecule has 0 spiro atoms. The Morgan fingerprint density at radius 2 is 1.86 bits per heavy atom. The fraction of sp³-hybridized carbons (Fsp3) is 0.632. The molecule has 0 radical (unpaired) electrons. The van der Waals surface area contributed by atoms with Crippen LogP contribution in [-0.4, -0.2) is 30.6 Å². The van der Waals surface area contributed by atoms with Crippen LogP contribution in [0.25, 0.3) is 0 Å². The lowest BCUT2D eigenvalue weighted by atomic mass is 9.94. The van der Waals surface area contributed by atoms with E-state index in [2.05, 4.69) is 49.9 Å². The number of carbonyl (C=O) groups excluding carboxylic acids is 1. The first-order valence-corrected chi connectivity index (χ1v) is 8.56. The Morgan fingerprint density at radius 1 is 1.23 bits per heavy atom. The van der Waals surface area contributed by atoms with Crippen LogP contribution in [-0.2, 0) is 9.53 Å². The Labute approximate surface area is 134 Å². The van der Waals surface area contributed by atoms with Gasteiger partial charge in [0, 0.05) is 25.7 Å². The van der Waals surface area contributed by atoms with Gasteiger partial charge in [0.15, 0.2) is 0 Å². The topological polar surface area (TPSA) is 29.5 Å². The van der Waals surface area contributed by atoms with E-state index in [-0.39, 0.29) is 12.0 Å². The zero-order valence-corrected chi connectivity index (χ0v) is 14.1. The quantitative estimate of drug-likeness (QED) is 0.793. The third-order valence-electron chi connectivity index (χ3n) is 4.36. The van der Waals surface area contributed by atoms with Crippen LogP contribution in [0.1, 0.15) is 51.6 Å². The van der Waals surface area contributed by atoms with E-state index in [0.717, 1.165) is 25.8 Å². The van der Waals surface area contributed by atoms with Crippen LogP contribution in [0.3, 0.4) is 0 Å². The summed E-state index contributed by atoms with van der Waals surface area (Å²) >= 11 is 0. The van der Waals surface area contributed by atoms with Crippen molar-refractivity contribution in [3.05, 3.63) is 35.9 Å². The SMILES string of the molecule is CC[C@H](c1ccccc1)N(CC(C)C)C(=O)C1CCOCC1. The molecule has 1 fully saturated rings. The zero-order valence-electron chi connectivity index (χ0n) is 14.1. The molecule has 0 N–H and O–H groups in total. The summed E-state index contributed by atoms with van der Waals surface area (Å²) in [5.74, 6) is 0.916. The maximum absolute atomic E-state index is 13.1. The Bertz CT molecular complexity index is 452. The van der Waals surface area contributed by atoms with Crippen molar-refractivity contribution in [1.82, 2.24) is 4.90 Å². The maximum atomic E-state index is 13.1. The number of rotatable bonds is 6. The lowest BCUT2D eigenvalue weighted by Crippen LogP contribution is -2.42. The average molecular weight is 303 g/mol. The molecule has 122 valence electrons. The molecule has 3 nitrogen and oxygen atoms in total. The van der Waals surface area contributed by atoms with Gasteiger partial charge in [0.2, 0.25) is 5.91 Å². The van der Waals surface area contributed by atoms with Crippen molar-refractivity contribution in [2.45, 2.75) is 46.1 Å². The van der Waals surface area contributed by atoms with Crippen LogP contribution in [0.5, 0.6) is 0 Å². The summed E-state index contributed by atoms with van der Waals surface area (Å²) in [6.45, 7) is 8.79. The molecule has 1 saturated heterocycles. The monoisotopic (exact) mass is 303 g/mol. The fourth-order valence-electron chi connectivity index (χ4n) is 3.25. The van der Waals surface area contributed by atoms with Crippen molar-refractivity contribution in [3.63, 3.8) is 0 Å². The molecule has 0 bridgehead atoms. The van der Waals surface area contributed by atoms with Gasteiger partial charge in [-0.25, -0.2) is 0 Å². The Morgan fingerprint density at radius 3 is 2.41 bits per heavy atom. The van der Waals surface area contributed by atoms with Gasteiger partial charge in [-0.15, -0.1) is 0 Å². The summed E-state index contributed by atoms with van der Waals surface area (Å²) < 4.78 is 5.41. The first kappa shape index (κ1) is 17.0. The normalized spacial score (nSPS) is 17.5. The number of ether oxygens (including phenoxy) is 1. The van der Waals surface area contributed by atoms with E-state index < -0.39 is 0 Å². The van der Waals surface area contributed by atoms with Crippen molar-refractivity contribution < 1.29 is 9.53 Å². The van der Waals surface area contributed by atoms with Gasteiger partial charge < -0.3 is 9.64 Å². The van der Waals surface area contributed by atoms with E-state index in [4.69, 9.17) is 4.74 Å². The summed E-state index contributed by atoms with van der Waals surface area (Å²) in [4.78, 5) is 15.2. The van der Waals surface area contributed by atoms with Crippen molar-refractivity contribution >= 4 is 5.91 Å². The van der Waals surface area contributed by atoms with E-state index in [0.29, 0.717) is 25.0 Å². The molecule has 1 heterocycles. The predicted molar refractivity (Wildman–Crippen MR) is 89.6 cm³/mol. The number of amides is 1. The molecule has 1 aliphatic rings. The second-order valence-corrected chi connectivity index (χ2v) is 6.61. The molecule has 0 aliphatic carbocycles. The molecular formula is C19H29NO2. The van der Waals surface area contributed by atoms with Gasteiger partial charge in [0.25, 0.3) is 0 Å². The van der Waals surface area contributed by atoms with E-state index in [9.17, 15) is 4.79 Å². The highest BCUT2D eigenvalue weighted by Gasteiger charge is 2.31. The Balaban J connectivity index is 2.21. The molecule has 1 aliphatic heterocycles. The highest BCUT2D eigenvalue weighted by molar-refractivity contribution is 5.79. The van der Waals surface area contributed by atoms with Gasteiger partial charge in [-0.3, -0.25) is 4.79 Å².